The van der Waals surface area contributed by atoms with Gasteiger partial charge in [-0.3, -0.25) is 4.79 Å². The zero-order valence-corrected chi connectivity index (χ0v) is 13.4. The van der Waals surface area contributed by atoms with Gasteiger partial charge < -0.3 is 16.0 Å². The predicted molar refractivity (Wildman–Crippen MR) is 96.3 cm³/mol. The molecule has 0 saturated carbocycles. The number of carbonyl (C=O) groups is 1. The fourth-order valence-corrected chi connectivity index (χ4v) is 2.44. The van der Waals surface area contributed by atoms with Crippen LogP contribution in [0, 0.1) is 0 Å². The fourth-order valence-electron chi connectivity index (χ4n) is 2.44. The van der Waals surface area contributed by atoms with Crippen LogP contribution in [0.15, 0.2) is 54.6 Å². The first-order valence-electron chi connectivity index (χ1n) is 7.79. The quantitative estimate of drug-likeness (QED) is 0.608. The van der Waals surface area contributed by atoms with Crippen LogP contribution in [0.25, 0.3) is 10.8 Å². The normalized spacial score (nSPS) is 10.4. The maximum atomic E-state index is 11.4. The van der Waals surface area contributed by atoms with Gasteiger partial charge in [-0.15, -0.1) is 10.2 Å². The first-order valence-corrected chi connectivity index (χ1v) is 7.79. The second-order valence-corrected chi connectivity index (χ2v) is 5.26. The third kappa shape index (κ3) is 3.60. The van der Waals surface area contributed by atoms with E-state index in [9.17, 15) is 4.79 Å². The zero-order valence-electron chi connectivity index (χ0n) is 13.4. The van der Waals surface area contributed by atoms with Gasteiger partial charge in [0.1, 0.15) is 5.82 Å². The monoisotopic (exact) mass is 321 g/mol. The minimum absolute atomic E-state index is 0.244. The Morgan fingerprint density at radius 1 is 0.917 bits per heavy atom. The molecule has 0 aliphatic heterocycles. The molecule has 3 N–H and O–H groups in total. The summed E-state index contributed by atoms with van der Waals surface area (Å²) in [4.78, 5) is 11.4. The van der Waals surface area contributed by atoms with Gasteiger partial charge in [-0.1, -0.05) is 36.4 Å². The maximum absolute atomic E-state index is 11.4. The lowest BCUT2D eigenvalue weighted by Crippen LogP contribution is -2.20. The van der Waals surface area contributed by atoms with Crippen molar-refractivity contribution < 1.29 is 4.79 Å². The lowest BCUT2D eigenvalue weighted by Gasteiger charge is -2.10. The number of amides is 1. The van der Waals surface area contributed by atoms with Gasteiger partial charge in [-0.25, -0.2) is 0 Å². The Morgan fingerprint density at radius 2 is 1.71 bits per heavy atom. The average Bonchev–Trinajstić information content (AvgIpc) is 2.65. The zero-order chi connectivity index (χ0) is 16.8. The molecule has 0 bridgehead atoms. The first kappa shape index (κ1) is 15.7. The molecule has 0 spiro atoms. The summed E-state index contributed by atoms with van der Waals surface area (Å²) in [5.74, 6) is 0.397. The highest BCUT2D eigenvalue weighted by Gasteiger charge is 2.05. The molecule has 1 heterocycles. The highest BCUT2D eigenvalue weighted by atomic mass is 16.1. The van der Waals surface area contributed by atoms with Crippen LogP contribution in [0.3, 0.4) is 0 Å². The second-order valence-electron chi connectivity index (χ2n) is 5.26. The van der Waals surface area contributed by atoms with Crippen molar-refractivity contribution in [2.45, 2.75) is 0 Å². The summed E-state index contributed by atoms with van der Waals surface area (Å²) in [6.45, 7) is 1.43. The van der Waals surface area contributed by atoms with Crippen LogP contribution in [0.1, 0.15) is 10.5 Å². The van der Waals surface area contributed by atoms with Gasteiger partial charge in [-0.05, 0) is 23.6 Å². The Bertz CT molecular complexity index is 827. The third-order valence-electron chi connectivity index (χ3n) is 3.66. The van der Waals surface area contributed by atoms with Crippen LogP contribution in [0.5, 0.6) is 0 Å². The first-order chi connectivity index (χ1) is 11.8. The smallest absolute Gasteiger partial charge is 0.271 e. The number of nitrogens with zero attached hydrogens (tertiary/aromatic N) is 2. The topological polar surface area (TPSA) is 78.9 Å². The van der Waals surface area contributed by atoms with E-state index in [-0.39, 0.29) is 5.91 Å². The van der Waals surface area contributed by atoms with Crippen molar-refractivity contribution in [1.82, 2.24) is 15.5 Å². The largest absolute Gasteiger partial charge is 0.383 e. The molecule has 2 aromatic carbocycles. The minimum atomic E-state index is -0.244. The van der Waals surface area contributed by atoms with Gasteiger partial charge in [-0.2, -0.15) is 0 Å². The summed E-state index contributed by atoms with van der Waals surface area (Å²) >= 11 is 0. The van der Waals surface area contributed by atoms with Crippen molar-refractivity contribution in [2.24, 2.45) is 0 Å². The molecule has 0 fully saturated rings. The Kier molecular flexibility index (Phi) is 4.86. The van der Waals surface area contributed by atoms with E-state index in [1.807, 2.05) is 18.2 Å². The lowest BCUT2D eigenvalue weighted by atomic mass is 10.1. The van der Waals surface area contributed by atoms with Gasteiger partial charge >= 0.3 is 0 Å². The summed E-state index contributed by atoms with van der Waals surface area (Å²) in [6.07, 6.45) is 0. The van der Waals surface area contributed by atoms with E-state index < -0.39 is 0 Å². The number of hydrogen-bond acceptors (Lipinski definition) is 5. The highest BCUT2D eigenvalue weighted by Crippen LogP contribution is 2.22. The van der Waals surface area contributed by atoms with E-state index >= 15 is 0 Å². The standard InChI is InChI=1S/C18H19N5O/c1-19-18(24)16-9-10-17(23-22-16)21-12-11-20-15-8-4-6-13-5-2-3-7-14(13)15/h2-10,20H,11-12H2,1H3,(H,19,24)(H,21,23). The number of carbonyl (C=O) groups excluding carboxylic acids is 1. The van der Waals surface area contributed by atoms with Crippen LogP contribution >= 0.6 is 0 Å². The van der Waals surface area contributed by atoms with Crippen molar-refractivity contribution >= 4 is 28.2 Å². The number of hydrogen-bond donors (Lipinski definition) is 3. The highest BCUT2D eigenvalue weighted by molar-refractivity contribution is 5.93. The molecule has 122 valence electrons. The lowest BCUT2D eigenvalue weighted by molar-refractivity contribution is 0.0957. The molecule has 0 saturated heterocycles. The molecule has 0 aliphatic carbocycles. The molecule has 1 aromatic heterocycles. The molecule has 24 heavy (non-hydrogen) atoms. The summed E-state index contributed by atoms with van der Waals surface area (Å²) in [6, 6.07) is 17.9. The Hall–Kier alpha value is -3.15. The van der Waals surface area contributed by atoms with Gasteiger partial charge in [0.05, 0.1) is 0 Å². The molecular formula is C18H19N5O. The van der Waals surface area contributed by atoms with E-state index in [4.69, 9.17) is 0 Å². The number of aromatic nitrogens is 2. The van der Waals surface area contributed by atoms with Crippen molar-refractivity contribution in [1.29, 1.82) is 0 Å². The van der Waals surface area contributed by atoms with Crippen molar-refractivity contribution in [3.8, 4) is 0 Å². The van der Waals surface area contributed by atoms with Gasteiger partial charge in [0.15, 0.2) is 5.69 Å². The number of fused-ring (bicyclic) bond motifs is 1. The Labute approximate surface area is 140 Å². The third-order valence-corrected chi connectivity index (χ3v) is 3.66. The van der Waals surface area contributed by atoms with Crippen LogP contribution in [-0.2, 0) is 0 Å². The molecular weight excluding hydrogens is 302 g/mol. The molecule has 3 rings (SSSR count). The second kappa shape index (κ2) is 7.41. The number of benzene rings is 2. The molecule has 3 aromatic rings. The van der Waals surface area contributed by atoms with Crippen molar-refractivity contribution in [2.75, 3.05) is 30.8 Å². The van der Waals surface area contributed by atoms with Gasteiger partial charge in [0.2, 0.25) is 0 Å². The van der Waals surface area contributed by atoms with Gasteiger partial charge in [0.25, 0.3) is 5.91 Å². The number of nitrogens with one attached hydrogen (secondary N) is 3. The average molecular weight is 321 g/mol. The van der Waals surface area contributed by atoms with E-state index in [0.29, 0.717) is 18.1 Å². The molecule has 0 unspecified atom stereocenters. The van der Waals surface area contributed by atoms with E-state index in [1.165, 1.54) is 10.8 Å². The maximum Gasteiger partial charge on any atom is 0.271 e. The summed E-state index contributed by atoms with van der Waals surface area (Å²) < 4.78 is 0. The number of rotatable bonds is 6. The van der Waals surface area contributed by atoms with Crippen molar-refractivity contribution in [3.63, 3.8) is 0 Å². The van der Waals surface area contributed by atoms with E-state index in [2.05, 4.69) is 50.4 Å². The Balaban J connectivity index is 1.54. The summed E-state index contributed by atoms with van der Waals surface area (Å²) in [5.41, 5.74) is 1.41. The molecule has 6 heteroatoms. The van der Waals surface area contributed by atoms with Crippen LogP contribution in [0.4, 0.5) is 11.5 Å². The summed E-state index contributed by atoms with van der Waals surface area (Å²) in [5, 5.41) is 19.4. The number of anilines is 2. The fraction of sp³-hybridized carbons (Fsp3) is 0.167. The predicted octanol–water partition coefficient (Wildman–Crippen LogP) is 2.51. The molecule has 0 atom stereocenters. The van der Waals surface area contributed by atoms with Crippen molar-refractivity contribution in [3.05, 3.63) is 60.3 Å². The van der Waals surface area contributed by atoms with E-state index in [0.717, 1.165) is 12.2 Å². The molecule has 6 nitrogen and oxygen atoms in total. The van der Waals surface area contributed by atoms with E-state index in [1.54, 1.807) is 19.2 Å². The van der Waals surface area contributed by atoms with Crippen LogP contribution in [-0.4, -0.2) is 36.2 Å². The van der Waals surface area contributed by atoms with Gasteiger partial charge in [0, 0.05) is 31.2 Å². The molecule has 0 aliphatic rings. The minimum Gasteiger partial charge on any atom is -0.383 e. The molecule has 0 radical (unpaired) electrons. The van der Waals surface area contributed by atoms with Crippen LogP contribution < -0.4 is 16.0 Å². The summed E-state index contributed by atoms with van der Waals surface area (Å²) in [7, 11) is 1.56. The Morgan fingerprint density at radius 3 is 2.50 bits per heavy atom. The SMILES string of the molecule is CNC(=O)c1ccc(NCCNc2cccc3ccccc23)nn1. The molecule has 1 amide bonds. The van der Waals surface area contributed by atoms with Crippen LogP contribution in [0.2, 0.25) is 0 Å².